The molecule has 4 nitrogen and oxygen atoms in total. The van der Waals surface area contributed by atoms with Gasteiger partial charge in [0.15, 0.2) is 0 Å². The summed E-state index contributed by atoms with van der Waals surface area (Å²) in [4.78, 5) is 16.4. The van der Waals surface area contributed by atoms with Crippen molar-refractivity contribution in [1.82, 2.24) is 9.80 Å². The van der Waals surface area contributed by atoms with Crippen LogP contribution in [0.1, 0.15) is 33.6 Å². The molecule has 1 spiro atoms. The molecule has 0 radical (unpaired) electrons. The van der Waals surface area contributed by atoms with E-state index in [1.165, 1.54) is 0 Å². The summed E-state index contributed by atoms with van der Waals surface area (Å²) in [5, 5.41) is 0. The van der Waals surface area contributed by atoms with E-state index in [1.807, 2.05) is 11.8 Å². The highest BCUT2D eigenvalue weighted by molar-refractivity contribution is 5.81. The van der Waals surface area contributed by atoms with Crippen LogP contribution in [0.5, 0.6) is 0 Å². The van der Waals surface area contributed by atoms with Crippen molar-refractivity contribution in [2.24, 2.45) is 0 Å². The van der Waals surface area contributed by atoms with Crippen molar-refractivity contribution in [3.8, 4) is 0 Å². The molecule has 0 saturated carbocycles. The average molecular weight is 240 g/mol. The van der Waals surface area contributed by atoms with Crippen molar-refractivity contribution in [2.75, 3.05) is 26.7 Å². The van der Waals surface area contributed by atoms with Gasteiger partial charge in [0, 0.05) is 19.1 Å². The zero-order chi connectivity index (χ0) is 12.6. The fourth-order valence-corrected chi connectivity index (χ4v) is 2.82. The third-order valence-corrected chi connectivity index (χ3v) is 4.04. The molecular formula is C13H24N2O2. The molecule has 2 rings (SSSR count). The summed E-state index contributed by atoms with van der Waals surface area (Å²) >= 11 is 0. The smallest absolute Gasteiger partial charge is 0.251 e. The summed E-state index contributed by atoms with van der Waals surface area (Å²) < 4.78 is 6.04. The molecule has 17 heavy (non-hydrogen) atoms. The van der Waals surface area contributed by atoms with Gasteiger partial charge in [-0.3, -0.25) is 4.79 Å². The molecule has 0 bridgehead atoms. The van der Waals surface area contributed by atoms with Crippen LogP contribution in [-0.2, 0) is 9.53 Å². The molecule has 2 saturated heterocycles. The fraction of sp³-hybridized carbons (Fsp3) is 0.923. The fourth-order valence-electron chi connectivity index (χ4n) is 2.82. The van der Waals surface area contributed by atoms with Crippen LogP contribution in [0, 0.1) is 0 Å². The Morgan fingerprint density at radius 3 is 2.47 bits per heavy atom. The first-order valence-corrected chi connectivity index (χ1v) is 6.60. The molecule has 0 aromatic heterocycles. The van der Waals surface area contributed by atoms with E-state index >= 15 is 0 Å². The van der Waals surface area contributed by atoms with E-state index in [-0.39, 0.29) is 23.7 Å². The Morgan fingerprint density at radius 1 is 1.35 bits per heavy atom. The van der Waals surface area contributed by atoms with Gasteiger partial charge in [0.25, 0.3) is 5.91 Å². The first kappa shape index (κ1) is 12.8. The van der Waals surface area contributed by atoms with Crippen molar-refractivity contribution in [1.29, 1.82) is 0 Å². The molecule has 0 aliphatic carbocycles. The van der Waals surface area contributed by atoms with Crippen LogP contribution in [0.15, 0.2) is 0 Å². The number of rotatable bonds is 1. The van der Waals surface area contributed by atoms with Crippen molar-refractivity contribution >= 4 is 5.91 Å². The second kappa shape index (κ2) is 4.58. The molecule has 98 valence electrons. The lowest BCUT2D eigenvalue weighted by atomic mass is 9.88. The predicted molar refractivity (Wildman–Crippen MR) is 66.9 cm³/mol. The van der Waals surface area contributed by atoms with Gasteiger partial charge >= 0.3 is 0 Å². The largest absolute Gasteiger partial charge is 0.360 e. The minimum absolute atomic E-state index is 0.0931. The molecule has 0 aromatic rings. The molecule has 1 amide bonds. The molecule has 2 fully saturated rings. The quantitative estimate of drug-likeness (QED) is 0.688. The minimum Gasteiger partial charge on any atom is -0.360 e. The third-order valence-electron chi connectivity index (χ3n) is 4.04. The summed E-state index contributed by atoms with van der Waals surface area (Å²) in [6.45, 7) is 8.94. The van der Waals surface area contributed by atoms with E-state index in [2.05, 4.69) is 25.8 Å². The third kappa shape index (κ3) is 2.47. The molecule has 1 atom stereocenters. The highest BCUT2D eigenvalue weighted by Crippen LogP contribution is 2.33. The Kier molecular flexibility index (Phi) is 3.46. The number of likely N-dealkylation sites (tertiary alicyclic amines) is 1. The second-order valence-electron chi connectivity index (χ2n) is 5.81. The van der Waals surface area contributed by atoms with E-state index < -0.39 is 0 Å². The lowest BCUT2D eigenvalue weighted by Crippen LogP contribution is -2.62. The summed E-state index contributed by atoms with van der Waals surface area (Å²) in [5.74, 6) is 0.143. The number of carbonyl (C=O) groups is 1. The number of amides is 1. The molecule has 2 aliphatic rings. The standard InChI is InChI=1S/C13H24N2O2/c1-10(2)15-9-13(17-11(3)12(15)16)5-7-14(4)8-6-13/h10-11H,5-9H2,1-4H3/t11-/m1/s1. The second-order valence-corrected chi connectivity index (χ2v) is 5.81. The normalized spacial score (nSPS) is 30.3. The van der Waals surface area contributed by atoms with E-state index in [0.717, 1.165) is 32.5 Å². The zero-order valence-corrected chi connectivity index (χ0v) is 11.4. The van der Waals surface area contributed by atoms with Gasteiger partial charge in [0.2, 0.25) is 0 Å². The van der Waals surface area contributed by atoms with Gasteiger partial charge in [-0.05, 0) is 40.7 Å². The van der Waals surface area contributed by atoms with E-state index in [4.69, 9.17) is 4.74 Å². The Morgan fingerprint density at radius 2 is 1.94 bits per heavy atom. The summed E-state index contributed by atoms with van der Waals surface area (Å²) in [6.07, 6.45) is 1.78. The molecule has 4 heteroatoms. The number of hydrogen-bond acceptors (Lipinski definition) is 3. The summed E-state index contributed by atoms with van der Waals surface area (Å²) in [7, 11) is 2.14. The Hall–Kier alpha value is -0.610. The highest BCUT2D eigenvalue weighted by atomic mass is 16.5. The Balaban J connectivity index is 2.12. The number of carbonyl (C=O) groups excluding carboxylic acids is 1. The van der Waals surface area contributed by atoms with E-state index in [0.29, 0.717) is 0 Å². The van der Waals surface area contributed by atoms with Crippen LogP contribution in [0.25, 0.3) is 0 Å². The predicted octanol–water partition coefficient (Wildman–Crippen LogP) is 1.11. The number of ether oxygens (including phenoxy) is 1. The molecular weight excluding hydrogens is 216 g/mol. The number of piperidine rings is 1. The van der Waals surface area contributed by atoms with Crippen molar-refractivity contribution in [3.63, 3.8) is 0 Å². The van der Waals surface area contributed by atoms with Crippen LogP contribution in [0.4, 0.5) is 0 Å². The first-order valence-electron chi connectivity index (χ1n) is 6.60. The zero-order valence-electron chi connectivity index (χ0n) is 11.4. The number of hydrogen-bond donors (Lipinski definition) is 0. The van der Waals surface area contributed by atoms with Crippen molar-refractivity contribution in [3.05, 3.63) is 0 Å². The maximum atomic E-state index is 12.0. The molecule has 0 aromatic carbocycles. The average Bonchev–Trinajstić information content (AvgIpc) is 2.28. The van der Waals surface area contributed by atoms with Gasteiger partial charge in [0.05, 0.1) is 12.1 Å². The summed E-state index contributed by atoms with van der Waals surface area (Å²) in [5.41, 5.74) is -0.0931. The monoisotopic (exact) mass is 240 g/mol. The lowest BCUT2D eigenvalue weighted by molar-refractivity contribution is -0.192. The van der Waals surface area contributed by atoms with E-state index in [1.54, 1.807) is 0 Å². The van der Waals surface area contributed by atoms with E-state index in [9.17, 15) is 4.79 Å². The van der Waals surface area contributed by atoms with Gasteiger partial charge in [0.1, 0.15) is 6.10 Å². The van der Waals surface area contributed by atoms with Gasteiger partial charge < -0.3 is 14.5 Å². The summed E-state index contributed by atoms with van der Waals surface area (Å²) in [6, 6.07) is 0.269. The van der Waals surface area contributed by atoms with Crippen molar-refractivity contribution in [2.45, 2.75) is 51.4 Å². The van der Waals surface area contributed by atoms with Crippen LogP contribution in [-0.4, -0.2) is 60.1 Å². The first-order chi connectivity index (χ1) is 7.93. The van der Waals surface area contributed by atoms with Crippen LogP contribution >= 0.6 is 0 Å². The van der Waals surface area contributed by atoms with Crippen LogP contribution in [0.2, 0.25) is 0 Å². The molecule has 2 aliphatic heterocycles. The van der Waals surface area contributed by atoms with Crippen LogP contribution < -0.4 is 0 Å². The van der Waals surface area contributed by atoms with Crippen LogP contribution in [0.3, 0.4) is 0 Å². The Labute approximate surface area is 104 Å². The molecule has 0 unspecified atom stereocenters. The maximum Gasteiger partial charge on any atom is 0.251 e. The molecule has 0 N–H and O–H groups in total. The van der Waals surface area contributed by atoms with Gasteiger partial charge in [-0.15, -0.1) is 0 Å². The lowest BCUT2D eigenvalue weighted by Gasteiger charge is -2.49. The number of morpholine rings is 1. The Bertz CT molecular complexity index is 296. The highest BCUT2D eigenvalue weighted by Gasteiger charge is 2.45. The maximum absolute atomic E-state index is 12.0. The van der Waals surface area contributed by atoms with Gasteiger partial charge in [-0.25, -0.2) is 0 Å². The van der Waals surface area contributed by atoms with Gasteiger partial charge in [-0.1, -0.05) is 0 Å². The number of nitrogens with zero attached hydrogens (tertiary/aromatic N) is 2. The van der Waals surface area contributed by atoms with Crippen molar-refractivity contribution < 1.29 is 9.53 Å². The SMILES string of the molecule is CC(C)N1CC2(CCN(C)CC2)O[C@H](C)C1=O. The minimum atomic E-state index is -0.283. The topological polar surface area (TPSA) is 32.8 Å². The van der Waals surface area contributed by atoms with Gasteiger partial charge in [-0.2, -0.15) is 0 Å². The molecule has 2 heterocycles.